The first kappa shape index (κ1) is 15.5. The number of benzene rings is 1. The normalized spacial score (nSPS) is 17.6. The molecule has 1 aliphatic heterocycles. The van der Waals surface area contributed by atoms with Gasteiger partial charge in [-0.3, -0.25) is 4.79 Å². The topological polar surface area (TPSA) is 44.1 Å². The highest BCUT2D eigenvalue weighted by atomic mass is 32.1. The van der Waals surface area contributed by atoms with Crippen LogP contribution in [0.25, 0.3) is 10.9 Å². The van der Waals surface area contributed by atoms with Gasteiger partial charge in [-0.2, -0.15) is 0 Å². The van der Waals surface area contributed by atoms with Crippen LogP contribution in [0, 0.1) is 5.82 Å². The van der Waals surface area contributed by atoms with Gasteiger partial charge in [0.15, 0.2) is 5.78 Å². The smallest absolute Gasteiger partial charge is 0.171 e. The number of nitrogens with zero attached hydrogens (tertiary/aromatic N) is 2. The quantitative estimate of drug-likeness (QED) is 0.661. The second kappa shape index (κ2) is 6.45. The van der Waals surface area contributed by atoms with Gasteiger partial charge in [-0.15, -0.1) is 11.3 Å². The summed E-state index contributed by atoms with van der Waals surface area (Å²) in [6, 6.07) is 4.58. The Balaban J connectivity index is 1.70. The Bertz CT molecular complexity index is 867. The summed E-state index contributed by atoms with van der Waals surface area (Å²) < 4.78 is 21.3. The number of hydrogen-bond donors (Lipinski definition) is 0. The lowest BCUT2D eigenvalue weighted by Crippen LogP contribution is -2.14. The molecule has 0 bridgehead atoms. The number of thiazole rings is 1. The fraction of sp³-hybridized carbons (Fsp3) is 0.333. The summed E-state index contributed by atoms with van der Waals surface area (Å²) in [6.07, 6.45) is 5.98. The van der Waals surface area contributed by atoms with Crippen LogP contribution in [0.4, 0.5) is 4.39 Å². The van der Waals surface area contributed by atoms with Crippen molar-refractivity contribution in [1.82, 2.24) is 9.55 Å². The van der Waals surface area contributed by atoms with E-state index >= 15 is 0 Å². The first-order chi connectivity index (χ1) is 11.7. The molecule has 24 heavy (non-hydrogen) atoms. The maximum Gasteiger partial charge on any atom is 0.171 e. The highest BCUT2D eigenvalue weighted by molar-refractivity contribution is 7.09. The lowest BCUT2D eigenvalue weighted by Gasteiger charge is -2.11. The molecule has 0 aliphatic carbocycles. The maximum absolute atomic E-state index is 13.7. The minimum atomic E-state index is -0.298. The number of fused-ring (bicyclic) bond motifs is 1. The highest BCUT2D eigenvalue weighted by Gasteiger charge is 2.21. The second-order valence-corrected chi connectivity index (χ2v) is 7.00. The molecule has 4 nitrogen and oxygen atoms in total. The first-order valence-corrected chi connectivity index (χ1v) is 8.90. The third kappa shape index (κ3) is 2.99. The van der Waals surface area contributed by atoms with E-state index < -0.39 is 0 Å². The van der Waals surface area contributed by atoms with Crippen LogP contribution in [0.1, 0.15) is 28.2 Å². The Kier molecular flexibility index (Phi) is 4.16. The van der Waals surface area contributed by atoms with Crippen LogP contribution < -0.4 is 0 Å². The maximum atomic E-state index is 13.7. The van der Waals surface area contributed by atoms with Crippen molar-refractivity contribution in [3.8, 4) is 0 Å². The molecule has 1 aromatic carbocycles. The highest BCUT2D eigenvalue weighted by Crippen LogP contribution is 2.26. The van der Waals surface area contributed by atoms with E-state index in [9.17, 15) is 9.18 Å². The Hall–Kier alpha value is -2.05. The molecular weight excluding hydrogens is 327 g/mol. The average Bonchev–Trinajstić information content (AvgIpc) is 3.30. The Morgan fingerprint density at radius 3 is 3.12 bits per heavy atom. The summed E-state index contributed by atoms with van der Waals surface area (Å²) in [5.74, 6) is -0.291. The Labute approximate surface area is 142 Å². The zero-order chi connectivity index (χ0) is 16.5. The zero-order valence-corrected chi connectivity index (χ0v) is 13.9. The van der Waals surface area contributed by atoms with Crippen molar-refractivity contribution in [2.75, 3.05) is 6.61 Å². The van der Waals surface area contributed by atoms with Crippen molar-refractivity contribution >= 4 is 28.0 Å². The second-order valence-electron chi connectivity index (χ2n) is 6.02. The van der Waals surface area contributed by atoms with Crippen molar-refractivity contribution in [3.05, 3.63) is 52.4 Å². The largest absolute Gasteiger partial charge is 0.376 e. The van der Waals surface area contributed by atoms with E-state index in [-0.39, 0.29) is 24.1 Å². The zero-order valence-electron chi connectivity index (χ0n) is 13.1. The molecule has 1 fully saturated rings. The summed E-state index contributed by atoms with van der Waals surface area (Å²) in [7, 11) is 0. The molecule has 2 aromatic heterocycles. The summed E-state index contributed by atoms with van der Waals surface area (Å²) >= 11 is 1.47. The number of carbonyl (C=O) groups is 1. The Morgan fingerprint density at radius 1 is 1.46 bits per heavy atom. The number of Topliss-reactive ketones (excluding diaryl/α,β-unsaturated/α-hetero) is 1. The number of aromatic nitrogens is 2. The van der Waals surface area contributed by atoms with Crippen molar-refractivity contribution in [3.63, 3.8) is 0 Å². The van der Waals surface area contributed by atoms with Gasteiger partial charge in [-0.05, 0) is 31.0 Å². The molecule has 6 heteroatoms. The predicted octanol–water partition coefficient (Wildman–Crippen LogP) is 3.84. The van der Waals surface area contributed by atoms with Crippen molar-refractivity contribution in [1.29, 1.82) is 0 Å². The van der Waals surface area contributed by atoms with E-state index in [1.807, 2.05) is 16.1 Å². The molecule has 0 spiro atoms. The van der Waals surface area contributed by atoms with Crippen LogP contribution in [0.15, 0.2) is 36.0 Å². The van der Waals surface area contributed by atoms with E-state index in [0.717, 1.165) is 35.4 Å². The molecule has 0 saturated carbocycles. The van der Waals surface area contributed by atoms with Crippen molar-refractivity contribution in [2.45, 2.75) is 31.9 Å². The average molecular weight is 344 g/mol. The lowest BCUT2D eigenvalue weighted by atomic mass is 10.1. The lowest BCUT2D eigenvalue weighted by molar-refractivity contribution is 0.0969. The predicted molar refractivity (Wildman–Crippen MR) is 91.0 cm³/mol. The van der Waals surface area contributed by atoms with Gasteiger partial charge < -0.3 is 9.30 Å². The molecule has 0 radical (unpaired) electrons. The standard InChI is InChI=1S/C18H17FN2O2S/c19-12-3-4-14-15(17(22)9-18-20-5-7-24-18)11-21(16(14)8-12)10-13-2-1-6-23-13/h3-5,7-8,11,13H,1-2,6,9-10H2. The van der Waals surface area contributed by atoms with Gasteiger partial charge in [-0.25, -0.2) is 9.37 Å². The third-order valence-corrected chi connectivity index (χ3v) is 5.14. The van der Waals surface area contributed by atoms with E-state index in [0.29, 0.717) is 12.1 Å². The van der Waals surface area contributed by atoms with Gasteiger partial charge in [0.05, 0.1) is 18.0 Å². The summed E-state index contributed by atoms with van der Waals surface area (Å²) in [5.41, 5.74) is 1.37. The number of ether oxygens (including phenoxy) is 1. The molecule has 1 aliphatic rings. The first-order valence-electron chi connectivity index (χ1n) is 8.02. The summed E-state index contributed by atoms with van der Waals surface area (Å²) in [5, 5.41) is 3.44. The van der Waals surface area contributed by atoms with Crippen LogP contribution in [0.2, 0.25) is 0 Å². The van der Waals surface area contributed by atoms with Crippen LogP contribution in [-0.2, 0) is 17.7 Å². The molecule has 124 valence electrons. The number of carbonyl (C=O) groups excluding carboxylic acids is 1. The van der Waals surface area contributed by atoms with Gasteiger partial charge in [-0.1, -0.05) is 0 Å². The van der Waals surface area contributed by atoms with Crippen LogP contribution in [-0.4, -0.2) is 28.0 Å². The van der Waals surface area contributed by atoms with Crippen LogP contribution in [0.3, 0.4) is 0 Å². The molecular formula is C18H17FN2O2S. The summed E-state index contributed by atoms with van der Waals surface area (Å²) in [6.45, 7) is 1.42. The van der Waals surface area contributed by atoms with Crippen LogP contribution >= 0.6 is 11.3 Å². The minimum absolute atomic E-state index is 0.00708. The molecule has 1 saturated heterocycles. The van der Waals surface area contributed by atoms with E-state index in [2.05, 4.69) is 4.98 Å². The number of ketones is 1. The number of rotatable bonds is 5. The Morgan fingerprint density at radius 2 is 2.38 bits per heavy atom. The van der Waals surface area contributed by atoms with Gasteiger partial charge in [0.25, 0.3) is 0 Å². The van der Waals surface area contributed by atoms with Gasteiger partial charge in [0.2, 0.25) is 0 Å². The number of hydrogen-bond acceptors (Lipinski definition) is 4. The monoisotopic (exact) mass is 344 g/mol. The fourth-order valence-electron chi connectivity index (χ4n) is 3.22. The van der Waals surface area contributed by atoms with Crippen LogP contribution in [0.5, 0.6) is 0 Å². The van der Waals surface area contributed by atoms with E-state index in [1.165, 1.54) is 23.5 Å². The van der Waals surface area contributed by atoms with E-state index in [4.69, 9.17) is 4.74 Å². The molecule has 3 aromatic rings. The molecule has 4 rings (SSSR count). The van der Waals surface area contributed by atoms with Crippen molar-refractivity contribution < 1.29 is 13.9 Å². The van der Waals surface area contributed by atoms with Crippen molar-refractivity contribution in [2.24, 2.45) is 0 Å². The molecule has 3 heterocycles. The fourth-order valence-corrected chi connectivity index (χ4v) is 3.83. The molecule has 1 unspecified atom stereocenters. The molecule has 0 N–H and O–H groups in total. The SMILES string of the molecule is O=C(Cc1nccs1)c1cn(CC2CCCO2)c2cc(F)ccc12. The molecule has 1 atom stereocenters. The molecule has 0 amide bonds. The minimum Gasteiger partial charge on any atom is -0.376 e. The number of halogens is 1. The van der Waals surface area contributed by atoms with E-state index in [1.54, 1.807) is 12.3 Å². The summed E-state index contributed by atoms with van der Waals surface area (Å²) in [4.78, 5) is 16.9. The third-order valence-electron chi connectivity index (χ3n) is 4.36. The van der Waals surface area contributed by atoms with Gasteiger partial charge in [0, 0.05) is 41.9 Å². The van der Waals surface area contributed by atoms with Gasteiger partial charge >= 0.3 is 0 Å². The van der Waals surface area contributed by atoms with Gasteiger partial charge in [0.1, 0.15) is 10.8 Å².